The standard InChI is InChI=1S/C14H20N2O/c1-11-7-5-8-13(12(11)2)15-14(17)9-6-10-16(3)4/h5-9H,10H2,1-4H3,(H,15,17)/b9-6+. The number of hydrogen-bond acceptors (Lipinski definition) is 2. The van der Waals surface area contributed by atoms with Gasteiger partial charge in [-0.3, -0.25) is 4.79 Å². The van der Waals surface area contributed by atoms with Gasteiger partial charge in [0.05, 0.1) is 0 Å². The van der Waals surface area contributed by atoms with Gasteiger partial charge in [-0.15, -0.1) is 0 Å². The second-order valence-electron chi connectivity index (χ2n) is 4.40. The lowest BCUT2D eigenvalue weighted by Gasteiger charge is -2.08. The molecule has 0 aliphatic rings. The second-order valence-corrected chi connectivity index (χ2v) is 4.40. The Balaban J connectivity index is 2.62. The van der Waals surface area contributed by atoms with Crippen molar-refractivity contribution in [2.75, 3.05) is 26.0 Å². The van der Waals surface area contributed by atoms with Gasteiger partial charge in [0.25, 0.3) is 0 Å². The predicted octanol–water partition coefficient (Wildman–Crippen LogP) is 2.36. The first-order valence-electron chi connectivity index (χ1n) is 5.69. The monoisotopic (exact) mass is 232 g/mol. The fraction of sp³-hybridized carbons (Fsp3) is 0.357. The molecule has 3 nitrogen and oxygen atoms in total. The average Bonchev–Trinajstić information content (AvgIpc) is 2.24. The number of aryl methyl sites for hydroxylation is 1. The first kappa shape index (κ1) is 13.5. The van der Waals surface area contributed by atoms with Crippen LogP contribution in [-0.2, 0) is 4.79 Å². The van der Waals surface area contributed by atoms with Gasteiger partial charge in [0.2, 0.25) is 5.91 Å². The molecule has 0 aromatic heterocycles. The van der Waals surface area contributed by atoms with Gasteiger partial charge in [-0.2, -0.15) is 0 Å². The SMILES string of the molecule is Cc1cccc(NC(=O)/C=C/CN(C)C)c1C. The molecule has 1 aromatic rings. The molecule has 0 heterocycles. The Bertz CT molecular complexity index is 422. The van der Waals surface area contributed by atoms with Crippen molar-refractivity contribution in [1.82, 2.24) is 4.90 Å². The van der Waals surface area contributed by atoms with Gasteiger partial charge >= 0.3 is 0 Å². The lowest BCUT2D eigenvalue weighted by molar-refractivity contribution is -0.111. The molecule has 0 aliphatic carbocycles. The largest absolute Gasteiger partial charge is 0.322 e. The summed E-state index contributed by atoms with van der Waals surface area (Å²) in [5.74, 6) is -0.0828. The summed E-state index contributed by atoms with van der Waals surface area (Å²) >= 11 is 0. The molecule has 0 unspecified atom stereocenters. The van der Waals surface area contributed by atoms with Crippen molar-refractivity contribution in [2.45, 2.75) is 13.8 Å². The third-order valence-electron chi connectivity index (χ3n) is 2.60. The van der Waals surface area contributed by atoms with Crippen LogP contribution in [0.4, 0.5) is 5.69 Å². The fourth-order valence-corrected chi connectivity index (χ4v) is 1.43. The number of likely N-dealkylation sites (N-methyl/N-ethyl adjacent to an activating group) is 1. The Labute approximate surface area is 103 Å². The fourth-order valence-electron chi connectivity index (χ4n) is 1.43. The van der Waals surface area contributed by atoms with Gasteiger partial charge in [0.15, 0.2) is 0 Å². The molecule has 0 atom stereocenters. The molecule has 0 fully saturated rings. The maximum Gasteiger partial charge on any atom is 0.248 e. The summed E-state index contributed by atoms with van der Waals surface area (Å²) in [7, 11) is 3.93. The number of nitrogens with one attached hydrogen (secondary N) is 1. The number of carbonyl (C=O) groups is 1. The summed E-state index contributed by atoms with van der Waals surface area (Å²) in [6.45, 7) is 4.81. The highest BCUT2D eigenvalue weighted by molar-refractivity contribution is 5.99. The number of hydrogen-bond donors (Lipinski definition) is 1. The highest BCUT2D eigenvalue weighted by Crippen LogP contribution is 2.17. The quantitative estimate of drug-likeness (QED) is 0.808. The topological polar surface area (TPSA) is 32.3 Å². The molecule has 1 aromatic carbocycles. The van der Waals surface area contributed by atoms with Gasteiger partial charge in [0, 0.05) is 18.3 Å². The highest BCUT2D eigenvalue weighted by Gasteiger charge is 2.02. The van der Waals surface area contributed by atoms with E-state index in [2.05, 4.69) is 5.32 Å². The van der Waals surface area contributed by atoms with Crippen LogP contribution in [0.3, 0.4) is 0 Å². The minimum Gasteiger partial charge on any atom is -0.322 e. The Hall–Kier alpha value is -1.61. The third-order valence-corrected chi connectivity index (χ3v) is 2.60. The summed E-state index contributed by atoms with van der Waals surface area (Å²) in [5.41, 5.74) is 3.17. The molecular formula is C14H20N2O. The molecule has 1 N–H and O–H groups in total. The van der Waals surface area contributed by atoms with Crippen LogP contribution in [0, 0.1) is 13.8 Å². The third kappa shape index (κ3) is 4.41. The molecule has 17 heavy (non-hydrogen) atoms. The van der Waals surface area contributed by atoms with E-state index in [1.165, 1.54) is 5.56 Å². The van der Waals surface area contributed by atoms with Crippen LogP contribution in [0.2, 0.25) is 0 Å². The van der Waals surface area contributed by atoms with E-state index in [0.29, 0.717) is 0 Å². The Morgan fingerprint density at radius 2 is 2.06 bits per heavy atom. The zero-order chi connectivity index (χ0) is 12.8. The van der Waals surface area contributed by atoms with E-state index < -0.39 is 0 Å². The van der Waals surface area contributed by atoms with Crippen LogP contribution in [-0.4, -0.2) is 31.4 Å². The first-order valence-corrected chi connectivity index (χ1v) is 5.69. The van der Waals surface area contributed by atoms with E-state index in [9.17, 15) is 4.79 Å². The van der Waals surface area contributed by atoms with Crippen LogP contribution in [0.25, 0.3) is 0 Å². The Morgan fingerprint density at radius 3 is 2.71 bits per heavy atom. The molecule has 0 radical (unpaired) electrons. The molecular weight excluding hydrogens is 212 g/mol. The van der Waals surface area contributed by atoms with E-state index in [1.54, 1.807) is 6.08 Å². The van der Waals surface area contributed by atoms with Crippen LogP contribution in [0.5, 0.6) is 0 Å². The number of amides is 1. The lowest BCUT2D eigenvalue weighted by atomic mass is 10.1. The van der Waals surface area contributed by atoms with Crippen LogP contribution < -0.4 is 5.32 Å². The average molecular weight is 232 g/mol. The van der Waals surface area contributed by atoms with Crippen molar-refractivity contribution in [2.24, 2.45) is 0 Å². The van der Waals surface area contributed by atoms with Crippen molar-refractivity contribution >= 4 is 11.6 Å². The van der Waals surface area contributed by atoms with E-state index in [-0.39, 0.29) is 5.91 Å². The van der Waals surface area contributed by atoms with Gasteiger partial charge < -0.3 is 10.2 Å². The molecule has 0 spiro atoms. The maximum atomic E-state index is 11.6. The van der Waals surface area contributed by atoms with Crippen LogP contribution in [0.1, 0.15) is 11.1 Å². The Kier molecular flexibility index (Phi) is 4.91. The zero-order valence-electron chi connectivity index (χ0n) is 10.9. The predicted molar refractivity (Wildman–Crippen MR) is 72.2 cm³/mol. The number of nitrogens with zero attached hydrogens (tertiary/aromatic N) is 1. The number of benzene rings is 1. The summed E-state index contributed by atoms with van der Waals surface area (Å²) in [6, 6.07) is 5.90. The minimum atomic E-state index is -0.0828. The molecule has 0 aliphatic heterocycles. The molecule has 1 rings (SSSR count). The maximum absolute atomic E-state index is 11.6. The van der Waals surface area contributed by atoms with Crippen molar-refractivity contribution < 1.29 is 4.79 Å². The minimum absolute atomic E-state index is 0.0828. The highest BCUT2D eigenvalue weighted by atomic mass is 16.1. The van der Waals surface area contributed by atoms with Gasteiger partial charge in [-0.1, -0.05) is 18.2 Å². The van der Waals surface area contributed by atoms with E-state index >= 15 is 0 Å². The normalized spacial score (nSPS) is 11.1. The summed E-state index contributed by atoms with van der Waals surface area (Å²) in [6.07, 6.45) is 3.42. The lowest BCUT2D eigenvalue weighted by Crippen LogP contribution is -2.13. The van der Waals surface area contributed by atoms with Crippen LogP contribution >= 0.6 is 0 Å². The second kappa shape index (κ2) is 6.21. The van der Waals surface area contributed by atoms with E-state index in [1.807, 2.05) is 57.1 Å². The summed E-state index contributed by atoms with van der Waals surface area (Å²) in [4.78, 5) is 13.6. The van der Waals surface area contributed by atoms with Crippen molar-refractivity contribution in [3.63, 3.8) is 0 Å². The smallest absolute Gasteiger partial charge is 0.248 e. The summed E-state index contributed by atoms with van der Waals surface area (Å²) in [5, 5.41) is 2.88. The van der Waals surface area contributed by atoms with E-state index in [4.69, 9.17) is 0 Å². The Morgan fingerprint density at radius 1 is 1.35 bits per heavy atom. The van der Waals surface area contributed by atoms with Crippen molar-refractivity contribution in [3.8, 4) is 0 Å². The van der Waals surface area contributed by atoms with Crippen LogP contribution in [0.15, 0.2) is 30.4 Å². The first-order chi connectivity index (χ1) is 8.00. The van der Waals surface area contributed by atoms with Crippen molar-refractivity contribution in [1.29, 1.82) is 0 Å². The molecule has 0 saturated heterocycles. The van der Waals surface area contributed by atoms with Gasteiger partial charge in [-0.05, 0) is 45.1 Å². The van der Waals surface area contributed by atoms with Gasteiger partial charge in [0.1, 0.15) is 0 Å². The number of carbonyl (C=O) groups excluding carboxylic acids is 1. The number of anilines is 1. The zero-order valence-corrected chi connectivity index (χ0v) is 10.9. The summed E-state index contributed by atoms with van der Waals surface area (Å²) < 4.78 is 0. The molecule has 3 heteroatoms. The molecule has 1 amide bonds. The van der Waals surface area contributed by atoms with Gasteiger partial charge in [-0.25, -0.2) is 0 Å². The number of rotatable bonds is 4. The van der Waals surface area contributed by atoms with Crippen molar-refractivity contribution in [3.05, 3.63) is 41.5 Å². The molecule has 0 saturated carbocycles. The molecule has 92 valence electrons. The van der Waals surface area contributed by atoms with E-state index in [0.717, 1.165) is 17.8 Å². The molecule has 0 bridgehead atoms.